The highest BCUT2D eigenvalue weighted by Gasteiger charge is 2.19. The summed E-state index contributed by atoms with van der Waals surface area (Å²) in [5, 5.41) is 0. The first kappa shape index (κ1) is 34.8. The van der Waals surface area contributed by atoms with E-state index in [1.165, 1.54) is 26.0 Å². The number of hydrogen-bond acceptors (Lipinski definition) is 10. The molecule has 4 aromatic rings. The van der Waals surface area contributed by atoms with Crippen LogP contribution < -0.4 is 28.4 Å². The molecule has 240 valence electrons. The Labute approximate surface area is 267 Å². The second kappa shape index (κ2) is 18.2. The van der Waals surface area contributed by atoms with Gasteiger partial charge in [0.25, 0.3) is 0 Å². The average molecular weight is 629 g/mol. The summed E-state index contributed by atoms with van der Waals surface area (Å²) in [5.41, 5.74) is 2.79. The van der Waals surface area contributed by atoms with Crippen LogP contribution in [0.2, 0.25) is 0 Å². The Bertz CT molecular complexity index is 1600. The maximum Gasteiger partial charge on any atom is 0.308 e. The molecule has 0 fully saturated rings. The zero-order chi connectivity index (χ0) is 33.3. The minimum absolute atomic E-state index is 0.0184. The van der Waals surface area contributed by atoms with Crippen molar-refractivity contribution < 1.29 is 47.6 Å². The molecule has 0 bridgehead atoms. The number of benzene rings is 4. The first-order chi connectivity index (χ1) is 22.3. The number of rotatable bonds is 14. The van der Waals surface area contributed by atoms with Crippen molar-refractivity contribution in [1.82, 2.24) is 0 Å². The number of ether oxygens (including phenoxy) is 6. The van der Waals surface area contributed by atoms with E-state index in [0.29, 0.717) is 55.5 Å². The molecule has 0 aliphatic rings. The molecular weight excluding hydrogens is 592 g/mol. The van der Waals surface area contributed by atoms with E-state index in [-0.39, 0.29) is 22.8 Å². The first-order valence-electron chi connectivity index (χ1n) is 14.5. The van der Waals surface area contributed by atoms with Crippen molar-refractivity contribution in [3.63, 3.8) is 0 Å². The van der Waals surface area contributed by atoms with Crippen molar-refractivity contribution in [3.8, 4) is 34.5 Å². The molecule has 0 atom stereocenters. The van der Waals surface area contributed by atoms with Gasteiger partial charge >= 0.3 is 11.9 Å². The van der Waals surface area contributed by atoms with Gasteiger partial charge in [-0.3, -0.25) is 19.2 Å². The van der Waals surface area contributed by atoms with Crippen LogP contribution in [0, 0.1) is 0 Å². The normalized spacial score (nSPS) is 10.0. The smallest absolute Gasteiger partial charge is 0.308 e. The maximum absolute atomic E-state index is 11.3. The standard InChI is InChI=1S/C23H22O4.C13H14O6/c1-2-25-21-13-20(15-24)14-22(26-16-18-9-5-3-6-10-18)23(21)27-17-19-11-7-4-8-12-19;1-4-17-11-5-10(7-14)6-12(18-8(2)15)13(11)19-9(3)16/h3-15H,2,16-17H2,1H3;5-7H,4H2,1-3H3. The van der Waals surface area contributed by atoms with Crippen molar-refractivity contribution in [2.75, 3.05) is 13.2 Å². The summed E-state index contributed by atoms with van der Waals surface area (Å²) in [6.07, 6.45) is 1.35. The fourth-order valence-corrected chi connectivity index (χ4v) is 4.04. The van der Waals surface area contributed by atoms with E-state index in [1.54, 1.807) is 19.1 Å². The van der Waals surface area contributed by atoms with Crippen LogP contribution in [0.1, 0.15) is 59.5 Å². The van der Waals surface area contributed by atoms with Gasteiger partial charge in [0.1, 0.15) is 25.8 Å². The molecule has 4 aromatic carbocycles. The molecule has 10 nitrogen and oxygen atoms in total. The van der Waals surface area contributed by atoms with Crippen molar-refractivity contribution >= 4 is 24.5 Å². The minimum atomic E-state index is -0.598. The summed E-state index contributed by atoms with van der Waals surface area (Å²) in [6.45, 7) is 7.54. The lowest BCUT2D eigenvalue weighted by Crippen LogP contribution is -2.09. The molecular formula is C36H36O10. The summed E-state index contributed by atoms with van der Waals surface area (Å²) < 4.78 is 32.9. The van der Waals surface area contributed by atoms with Crippen LogP contribution in [-0.4, -0.2) is 37.7 Å². The third kappa shape index (κ3) is 10.8. The summed E-state index contributed by atoms with van der Waals surface area (Å²) in [6, 6.07) is 25.8. The summed E-state index contributed by atoms with van der Waals surface area (Å²) in [5.74, 6) is 0.419. The molecule has 0 saturated heterocycles. The average Bonchev–Trinajstić information content (AvgIpc) is 3.05. The Morgan fingerprint density at radius 2 is 0.957 bits per heavy atom. The van der Waals surface area contributed by atoms with Crippen molar-refractivity contribution in [2.24, 2.45) is 0 Å². The van der Waals surface area contributed by atoms with Crippen LogP contribution in [0.5, 0.6) is 34.5 Å². The van der Waals surface area contributed by atoms with E-state index in [9.17, 15) is 19.2 Å². The molecule has 0 N–H and O–H groups in total. The second-order valence-corrected chi connectivity index (χ2v) is 9.53. The van der Waals surface area contributed by atoms with Gasteiger partial charge in [0, 0.05) is 25.0 Å². The van der Waals surface area contributed by atoms with E-state index in [0.717, 1.165) is 17.4 Å². The molecule has 0 heterocycles. The highest BCUT2D eigenvalue weighted by atomic mass is 16.6. The minimum Gasteiger partial charge on any atom is -0.490 e. The SMILES string of the molecule is CCOc1cc(C=O)cc(OC(C)=O)c1OC(C)=O.CCOc1cc(C=O)cc(OCc2ccccc2)c1OCc1ccccc1. The van der Waals surface area contributed by atoms with Crippen LogP contribution >= 0.6 is 0 Å². The van der Waals surface area contributed by atoms with E-state index in [2.05, 4.69) is 0 Å². The predicted octanol–water partition coefficient (Wildman–Crippen LogP) is 6.80. The largest absolute Gasteiger partial charge is 0.490 e. The number of carbonyl (C=O) groups excluding carboxylic acids is 4. The second-order valence-electron chi connectivity index (χ2n) is 9.53. The summed E-state index contributed by atoms with van der Waals surface area (Å²) >= 11 is 0. The zero-order valence-corrected chi connectivity index (χ0v) is 26.1. The van der Waals surface area contributed by atoms with E-state index in [1.807, 2.05) is 67.6 Å². The fraction of sp³-hybridized carbons (Fsp3) is 0.222. The predicted molar refractivity (Wildman–Crippen MR) is 170 cm³/mol. The lowest BCUT2D eigenvalue weighted by atomic mass is 10.2. The molecule has 0 aliphatic heterocycles. The first-order valence-corrected chi connectivity index (χ1v) is 14.5. The Balaban J connectivity index is 0.000000268. The van der Waals surface area contributed by atoms with Crippen molar-refractivity contribution in [2.45, 2.75) is 40.9 Å². The third-order valence-corrected chi connectivity index (χ3v) is 5.92. The quantitative estimate of drug-likeness (QED) is 0.0836. The van der Waals surface area contributed by atoms with Crippen molar-refractivity contribution in [1.29, 1.82) is 0 Å². The third-order valence-electron chi connectivity index (χ3n) is 5.92. The summed E-state index contributed by atoms with van der Waals surface area (Å²) in [7, 11) is 0. The highest BCUT2D eigenvalue weighted by Crippen LogP contribution is 2.40. The van der Waals surface area contributed by atoms with Gasteiger partial charge in [0.2, 0.25) is 11.5 Å². The molecule has 0 amide bonds. The summed E-state index contributed by atoms with van der Waals surface area (Å²) in [4.78, 5) is 44.3. The van der Waals surface area contributed by atoms with Crippen LogP contribution in [-0.2, 0) is 22.8 Å². The van der Waals surface area contributed by atoms with Gasteiger partial charge < -0.3 is 28.4 Å². The molecule has 0 radical (unpaired) electrons. The molecule has 4 rings (SSSR count). The highest BCUT2D eigenvalue weighted by molar-refractivity contribution is 5.82. The van der Waals surface area contributed by atoms with Gasteiger partial charge in [-0.2, -0.15) is 0 Å². The van der Waals surface area contributed by atoms with E-state index >= 15 is 0 Å². The fourth-order valence-electron chi connectivity index (χ4n) is 4.04. The Morgan fingerprint density at radius 1 is 0.543 bits per heavy atom. The van der Waals surface area contributed by atoms with Crippen LogP contribution in [0.3, 0.4) is 0 Å². The van der Waals surface area contributed by atoms with Crippen LogP contribution in [0.15, 0.2) is 84.9 Å². The molecule has 0 aromatic heterocycles. The van der Waals surface area contributed by atoms with Gasteiger partial charge in [-0.05, 0) is 49.2 Å². The number of esters is 2. The molecule has 10 heteroatoms. The molecule has 0 aliphatic carbocycles. The molecule has 0 saturated carbocycles. The lowest BCUT2D eigenvalue weighted by Gasteiger charge is -2.17. The van der Waals surface area contributed by atoms with Gasteiger partial charge in [0.05, 0.1) is 13.2 Å². The molecule has 0 spiro atoms. The van der Waals surface area contributed by atoms with Gasteiger partial charge in [-0.25, -0.2) is 0 Å². The number of aldehydes is 2. The lowest BCUT2D eigenvalue weighted by molar-refractivity contribution is -0.134. The van der Waals surface area contributed by atoms with Gasteiger partial charge in [-0.1, -0.05) is 60.7 Å². The van der Waals surface area contributed by atoms with Crippen molar-refractivity contribution in [3.05, 3.63) is 107 Å². The van der Waals surface area contributed by atoms with Crippen LogP contribution in [0.4, 0.5) is 0 Å². The number of hydrogen-bond donors (Lipinski definition) is 0. The Kier molecular flexibility index (Phi) is 13.8. The Morgan fingerprint density at radius 3 is 1.39 bits per heavy atom. The molecule has 0 unspecified atom stereocenters. The topological polar surface area (TPSA) is 124 Å². The zero-order valence-electron chi connectivity index (χ0n) is 26.1. The monoisotopic (exact) mass is 628 g/mol. The van der Waals surface area contributed by atoms with Gasteiger partial charge in [-0.15, -0.1) is 0 Å². The van der Waals surface area contributed by atoms with E-state index in [4.69, 9.17) is 28.4 Å². The Hall–Kier alpha value is -5.64. The van der Waals surface area contributed by atoms with Gasteiger partial charge in [0.15, 0.2) is 23.0 Å². The number of carbonyl (C=O) groups is 4. The van der Waals surface area contributed by atoms with Crippen LogP contribution in [0.25, 0.3) is 0 Å². The maximum atomic E-state index is 11.3. The van der Waals surface area contributed by atoms with E-state index < -0.39 is 11.9 Å². The molecule has 46 heavy (non-hydrogen) atoms.